The third kappa shape index (κ3) is 5.97. The van der Waals surface area contributed by atoms with Crippen LogP contribution in [0.3, 0.4) is 0 Å². The first-order chi connectivity index (χ1) is 9.74. The minimum absolute atomic E-state index is 0.0177. The zero-order valence-electron chi connectivity index (χ0n) is 14.4. The highest BCUT2D eigenvalue weighted by atomic mass is 35.5. The maximum atomic E-state index is 6.39. The van der Waals surface area contributed by atoms with E-state index in [1.165, 1.54) is 0 Å². The van der Waals surface area contributed by atoms with Gasteiger partial charge in [0.1, 0.15) is 0 Å². The molecule has 1 aromatic rings. The van der Waals surface area contributed by atoms with Gasteiger partial charge in [-0.15, -0.1) is 0 Å². The van der Waals surface area contributed by atoms with Gasteiger partial charge in [-0.3, -0.25) is 4.68 Å². The van der Waals surface area contributed by atoms with Crippen molar-refractivity contribution in [2.45, 2.75) is 46.1 Å². The van der Waals surface area contributed by atoms with Gasteiger partial charge in [-0.2, -0.15) is 5.10 Å². The Labute approximate surface area is 134 Å². The number of halogens is 1. The third-order valence-electron chi connectivity index (χ3n) is 3.67. The summed E-state index contributed by atoms with van der Waals surface area (Å²) in [6.45, 7) is 12.9. The molecule has 1 N–H and O–H groups in total. The van der Waals surface area contributed by atoms with Crippen molar-refractivity contribution in [3.63, 3.8) is 0 Å². The van der Waals surface area contributed by atoms with Gasteiger partial charge in [0.15, 0.2) is 0 Å². The van der Waals surface area contributed by atoms with Crippen LogP contribution in [0.15, 0.2) is 6.20 Å². The predicted molar refractivity (Wildman–Crippen MR) is 91.1 cm³/mol. The van der Waals surface area contributed by atoms with Gasteiger partial charge in [0.25, 0.3) is 0 Å². The number of hydrogen-bond donors (Lipinski definition) is 1. The van der Waals surface area contributed by atoms with E-state index in [1.54, 1.807) is 6.20 Å². The smallest absolute Gasteiger partial charge is 0.0823 e. The van der Waals surface area contributed by atoms with Crippen molar-refractivity contribution < 1.29 is 0 Å². The highest BCUT2D eigenvalue weighted by Gasteiger charge is 2.27. The molecule has 5 heteroatoms. The average Bonchev–Trinajstić information content (AvgIpc) is 2.74. The topological polar surface area (TPSA) is 33.1 Å². The van der Waals surface area contributed by atoms with Crippen molar-refractivity contribution in [2.75, 3.05) is 33.7 Å². The van der Waals surface area contributed by atoms with Crippen molar-refractivity contribution in [1.29, 1.82) is 0 Å². The quantitative estimate of drug-likeness (QED) is 0.711. The van der Waals surface area contributed by atoms with Crippen molar-refractivity contribution in [3.8, 4) is 0 Å². The van der Waals surface area contributed by atoms with Crippen LogP contribution in [0.25, 0.3) is 0 Å². The fraction of sp³-hybridized carbons (Fsp3) is 0.812. The lowest BCUT2D eigenvalue weighted by Gasteiger charge is -2.27. The summed E-state index contributed by atoms with van der Waals surface area (Å²) in [7, 11) is 4.15. The molecule has 1 heterocycles. The number of rotatable bonds is 9. The van der Waals surface area contributed by atoms with Gasteiger partial charge < -0.3 is 10.2 Å². The van der Waals surface area contributed by atoms with Gasteiger partial charge in [0, 0.05) is 12.0 Å². The first kappa shape index (κ1) is 18.5. The maximum absolute atomic E-state index is 6.39. The van der Waals surface area contributed by atoms with Crippen LogP contribution < -0.4 is 5.32 Å². The second-order valence-electron chi connectivity index (χ2n) is 7.10. The zero-order valence-corrected chi connectivity index (χ0v) is 15.2. The van der Waals surface area contributed by atoms with Gasteiger partial charge in [-0.25, -0.2) is 0 Å². The molecule has 1 rings (SSSR count). The van der Waals surface area contributed by atoms with Crippen LogP contribution >= 0.6 is 11.6 Å². The summed E-state index contributed by atoms with van der Waals surface area (Å²) in [4.78, 5) is 2.16. The molecule has 0 atom stereocenters. The van der Waals surface area contributed by atoms with E-state index in [1.807, 2.05) is 0 Å². The van der Waals surface area contributed by atoms with Crippen LogP contribution in [0, 0.1) is 5.92 Å². The molecule has 0 aromatic carbocycles. The van der Waals surface area contributed by atoms with E-state index in [0.29, 0.717) is 5.92 Å². The fourth-order valence-electron chi connectivity index (χ4n) is 2.41. The molecule has 0 fully saturated rings. The fourth-order valence-corrected chi connectivity index (χ4v) is 2.81. The lowest BCUT2D eigenvalue weighted by atomic mass is 9.85. The Bertz CT molecular complexity index is 424. The van der Waals surface area contributed by atoms with Crippen LogP contribution in [-0.2, 0) is 12.0 Å². The van der Waals surface area contributed by atoms with E-state index < -0.39 is 0 Å². The van der Waals surface area contributed by atoms with Crippen molar-refractivity contribution >= 4 is 11.6 Å². The Kier molecular flexibility index (Phi) is 7.17. The molecule has 0 aliphatic rings. The van der Waals surface area contributed by atoms with E-state index in [4.69, 9.17) is 11.6 Å². The molecule has 122 valence electrons. The Morgan fingerprint density at radius 2 is 2.05 bits per heavy atom. The average molecular weight is 315 g/mol. The lowest BCUT2D eigenvalue weighted by molar-refractivity contribution is 0.349. The Morgan fingerprint density at radius 3 is 2.62 bits per heavy atom. The van der Waals surface area contributed by atoms with Crippen molar-refractivity contribution in [2.24, 2.45) is 5.92 Å². The number of hydrogen-bond acceptors (Lipinski definition) is 3. The minimum atomic E-state index is 0.0177. The zero-order chi connectivity index (χ0) is 16.0. The summed E-state index contributed by atoms with van der Waals surface area (Å²) in [5, 5.41) is 8.74. The number of aromatic nitrogens is 2. The second-order valence-corrected chi connectivity index (χ2v) is 7.51. The highest BCUT2D eigenvalue weighted by Crippen LogP contribution is 2.32. The van der Waals surface area contributed by atoms with Crippen LogP contribution in [0.5, 0.6) is 0 Å². The summed E-state index contributed by atoms with van der Waals surface area (Å²) >= 11 is 6.39. The molecular weight excluding hydrogens is 284 g/mol. The largest absolute Gasteiger partial charge is 0.316 e. The van der Waals surface area contributed by atoms with Gasteiger partial charge >= 0.3 is 0 Å². The van der Waals surface area contributed by atoms with Crippen LogP contribution in [0.4, 0.5) is 0 Å². The Hall–Kier alpha value is -0.580. The van der Waals surface area contributed by atoms with Crippen LogP contribution in [-0.4, -0.2) is 48.4 Å². The van der Waals surface area contributed by atoms with Crippen molar-refractivity contribution in [3.05, 3.63) is 16.9 Å². The normalized spacial score (nSPS) is 12.6. The molecule has 0 bridgehead atoms. The summed E-state index contributed by atoms with van der Waals surface area (Å²) in [6, 6.07) is 0. The summed E-state index contributed by atoms with van der Waals surface area (Å²) in [5.41, 5.74) is 1.17. The third-order valence-corrected chi connectivity index (χ3v) is 3.95. The summed E-state index contributed by atoms with van der Waals surface area (Å²) in [5.74, 6) is 0.683. The van der Waals surface area contributed by atoms with Gasteiger partial charge in [-0.05, 0) is 39.5 Å². The summed E-state index contributed by atoms with van der Waals surface area (Å²) in [6.07, 6.45) is 2.82. The molecule has 0 unspecified atom stereocenters. The van der Waals surface area contributed by atoms with E-state index in [9.17, 15) is 0 Å². The Morgan fingerprint density at radius 1 is 1.38 bits per heavy atom. The van der Waals surface area contributed by atoms with E-state index in [0.717, 1.165) is 43.3 Å². The molecule has 21 heavy (non-hydrogen) atoms. The molecule has 0 amide bonds. The minimum Gasteiger partial charge on any atom is -0.316 e. The molecule has 0 saturated carbocycles. The molecule has 4 nitrogen and oxygen atoms in total. The standard InChI is InChI=1S/C16H31ClN4/c1-13(2)11-18-8-7-16(3,4)15-14(17)12-19-21(15)10-9-20(5)6/h12-13,18H,7-11H2,1-6H3. The molecule has 0 saturated heterocycles. The highest BCUT2D eigenvalue weighted by molar-refractivity contribution is 6.31. The van der Waals surface area contributed by atoms with Gasteiger partial charge in [-0.1, -0.05) is 39.3 Å². The number of nitrogens with one attached hydrogen (secondary N) is 1. The first-order valence-electron chi connectivity index (χ1n) is 7.81. The van der Waals surface area contributed by atoms with Gasteiger partial charge in [0.2, 0.25) is 0 Å². The van der Waals surface area contributed by atoms with E-state index in [2.05, 4.69) is 61.8 Å². The SMILES string of the molecule is CC(C)CNCCC(C)(C)c1c(Cl)cnn1CCN(C)C. The molecule has 0 aliphatic heterocycles. The lowest BCUT2D eigenvalue weighted by Crippen LogP contribution is -2.31. The molecular formula is C16H31ClN4. The second kappa shape index (κ2) is 8.16. The number of nitrogens with zero attached hydrogens (tertiary/aromatic N) is 3. The first-order valence-corrected chi connectivity index (χ1v) is 8.19. The maximum Gasteiger partial charge on any atom is 0.0823 e. The van der Waals surface area contributed by atoms with E-state index in [-0.39, 0.29) is 5.41 Å². The van der Waals surface area contributed by atoms with Crippen molar-refractivity contribution in [1.82, 2.24) is 20.0 Å². The van der Waals surface area contributed by atoms with E-state index >= 15 is 0 Å². The summed E-state index contributed by atoms with van der Waals surface area (Å²) < 4.78 is 2.06. The van der Waals surface area contributed by atoms with Crippen LogP contribution in [0.2, 0.25) is 5.02 Å². The van der Waals surface area contributed by atoms with Crippen LogP contribution in [0.1, 0.15) is 39.8 Å². The molecule has 1 aromatic heterocycles. The number of likely N-dealkylation sites (N-methyl/N-ethyl adjacent to an activating group) is 1. The molecule has 0 aliphatic carbocycles. The predicted octanol–water partition coefficient (Wildman–Crippen LogP) is 3.01. The Balaban J connectivity index is 2.70. The monoisotopic (exact) mass is 314 g/mol. The van der Waals surface area contributed by atoms with Gasteiger partial charge in [0.05, 0.1) is 23.5 Å². The molecule has 0 spiro atoms. The molecule has 0 radical (unpaired) electrons.